The van der Waals surface area contributed by atoms with Gasteiger partial charge in [-0.3, -0.25) is 0 Å². The lowest BCUT2D eigenvalue weighted by Gasteiger charge is -2.32. The third kappa shape index (κ3) is 3.59. The third-order valence-corrected chi connectivity index (χ3v) is 3.95. The molecule has 1 aromatic carbocycles. The number of benzene rings is 1. The van der Waals surface area contributed by atoms with E-state index >= 15 is 0 Å². The van der Waals surface area contributed by atoms with Crippen LogP contribution in [0.3, 0.4) is 0 Å². The van der Waals surface area contributed by atoms with Gasteiger partial charge in [0.05, 0.1) is 5.02 Å². The van der Waals surface area contributed by atoms with Gasteiger partial charge < -0.3 is 10.2 Å². The smallest absolute Gasteiger partial charge is 0.143 e. The fourth-order valence-corrected chi connectivity index (χ4v) is 2.62. The van der Waals surface area contributed by atoms with Crippen molar-refractivity contribution in [1.29, 1.82) is 0 Å². The van der Waals surface area contributed by atoms with Crippen LogP contribution in [0.15, 0.2) is 18.2 Å². The maximum absolute atomic E-state index is 13.2. The summed E-state index contributed by atoms with van der Waals surface area (Å²) >= 11 is 5.65. The van der Waals surface area contributed by atoms with E-state index in [1.54, 1.807) is 6.07 Å². The summed E-state index contributed by atoms with van der Waals surface area (Å²) in [5.74, 6) is -0.364. The summed E-state index contributed by atoms with van der Waals surface area (Å²) in [6.07, 6.45) is 5.00. The van der Waals surface area contributed by atoms with Gasteiger partial charge in [-0.2, -0.15) is 0 Å². The number of hydrogen-bond acceptors (Lipinski definition) is 2. The Morgan fingerprint density at radius 3 is 3.00 bits per heavy atom. The predicted octanol–water partition coefficient (Wildman–Crippen LogP) is 3.77. The second-order valence-corrected chi connectivity index (χ2v) is 5.38. The van der Waals surface area contributed by atoms with E-state index in [2.05, 4.69) is 17.3 Å². The maximum atomic E-state index is 13.2. The normalized spacial score (nSPS) is 20.9. The second-order valence-electron chi connectivity index (χ2n) is 4.97. The van der Waals surface area contributed by atoms with Crippen LogP contribution < -0.4 is 5.32 Å². The number of anilines is 1. The highest BCUT2D eigenvalue weighted by atomic mass is 35.5. The van der Waals surface area contributed by atoms with Crippen molar-refractivity contribution >= 4 is 17.3 Å². The van der Waals surface area contributed by atoms with Gasteiger partial charge in [0.25, 0.3) is 0 Å². The molecule has 1 unspecified atom stereocenters. The van der Waals surface area contributed by atoms with Crippen LogP contribution in [0.1, 0.15) is 25.7 Å². The van der Waals surface area contributed by atoms with Crippen molar-refractivity contribution in [3.63, 3.8) is 0 Å². The van der Waals surface area contributed by atoms with Crippen molar-refractivity contribution in [3.8, 4) is 0 Å². The van der Waals surface area contributed by atoms with Crippen molar-refractivity contribution in [2.75, 3.05) is 25.5 Å². The quantitative estimate of drug-likeness (QED) is 0.896. The highest BCUT2D eigenvalue weighted by molar-refractivity contribution is 6.30. The minimum Gasteiger partial charge on any atom is -0.385 e. The highest BCUT2D eigenvalue weighted by Crippen LogP contribution is 2.20. The Morgan fingerprint density at radius 2 is 2.28 bits per heavy atom. The Kier molecular flexibility index (Phi) is 4.84. The average molecular weight is 271 g/mol. The number of rotatable bonds is 4. The lowest BCUT2D eigenvalue weighted by Crippen LogP contribution is -2.37. The van der Waals surface area contributed by atoms with E-state index in [9.17, 15) is 4.39 Å². The van der Waals surface area contributed by atoms with Crippen LogP contribution in [0.25, 0.3) is 0 Å². The maximum Gasteiger partial charge on any atom is 0.143 e. The molecule has 1 aliphatic heterocycles. The first-order chi connectivity index (χ1) is 8.66. The third-order valence-electron chi connectivity index (χ3n) is 3.65. The standard InChI is InChI=1S/C14H20ClFN2/c1-18-9-3-2-4-12(18)7-8-17-11-5-6-13(15)14(16)10-11/h5-6,10,12,17H,2-4,7-9H2,1H3. The van der Waals surface area contributed by atoms with Crippen molar-refractivity contribution in [2.24, 2.45) is 0 Å². The molecule has 1 aliphatic rings. The first kappa shape index (κ1) is 13.6. The number of piperidine rings is 1. The molecular weight excluding hydrogens is 251 g/mol. The molecular formula is C14H20ClFN2. The zero-order valence-corrected chi connectivity index (χ0v) is 11.5. The van der Waals surface area contributed by atoms with Crippen LogP contribution in [0.5, 0.6) is 0 Å². The fourth-order valence-electron chi connectivity index (χ4n) is 2.50. The highest BCUT2D eigenvalue weighted by Gasteiger charge is 2.17. The average Bonchev–Trinajstić information content (AvgIpc) is 2.36. The largest absolute Gasteiger partial charge is 0.385 e. The van der Waals surface area contributed by atoms with Gasteiger partial charge in [-0.1, -0.05) is 18.0 Å². The molecule has 0 amide bonds. The summed E-state index contributed by atoms with van der Waals surface area (Å²) in [4.78, 5) is 2.42. The molecule has 100 valence electrons. The van der Waals surface area contributed by atoms with E-state index in [0.717, 1.165) is 18.7 Å². The van der Waals surface area contributed by atoms with E-state index in [1.807, 2.05) is 6.07 Å². The van der Waals surface area contributed by atoms with Crippen LogP contribution in [-0.4, -0.2) is 31.1 Å². The number of nitrogens with zero attached hydrogens (tertiary/aromatic N) is 1. The molecule has 0 aromatic heterocycles. The monoisotopic (exact) mass is 270 g/mol. The molecule has 0 saturated carbocycles. The molecule has 0 bridgehead atoms. The molecule has 0 aliphatic carbocycles. The minimum atomic E-state index is -0.364. The van der Waals surface area contributed by atoms with Crippen molar-refractivity contribution < 1.29 is 4.39 Å². The predicted molar refractivity (Wildman–Crippen MR) is 74.8 cm³/mol. The van der Waals surface area contributed by atoms with Gasteiger partial charge in [0.1, 0.15) is 5.82 Å². The van der Waals surface area contributed by atoms with Crippen LogP contribution in [-0.2, 0) is 0 Å². The van der Waals surface area contributed by atoms with E-state index in [1.165, 1.54) is 31.9 Å². The number of hydrogen-bond donors (Lipinski definition) is 1. The summed E-state index contributed by atoms with van der Waals surface area (Å²) in [6, 6.07) is 5.51. The van der Waals surface area contributed by atoms with Crippen LogP contribution in [0, 0.1) is 5.82 Å². The lowest BCUT2D eigenvalue weighted by molar-refractivity contribution is 0.179. The Morgan fingerprint density at radius 1 is 1.44 bits per heavy atom. The molecule has 1 aromatic rings. The van der Waals surface area contributed by atoms with Gasteiger partial charge in [0.2, 0.25) is 0 Å². The summed E-state index contributed by atoms with van der Waals surface area (Å²) in [5.41, 5.74) is 0.801. The van der Waals surface area contributed by atoms with Crippen LogP contribution in [0.4, 0.5) is 10.1 Å². The zero-order valence-electron chi connectivity index (χ0n) is 10.8. The second kappa shape index (κ2) is 6.39. The SMILES string of the molecule is CN1CCCCC1CCNc1ccc(Cl)c(F)c1. The number of halogens is 2. The lowest BCUT2D eigenvalue weighted by atomic mass is 10.0. The summed E-state index contributed by atoms with van der Waals surface area (Å²) in [7, 11) is 2.19. The molecule has 2 rings (SSSR count). The summed E-state index contributed by atoms with van der Waals surface area (Å²) in [6.45, 7) is 2.07. The molecule has 1 saturated heterocycles. The first-order valence-electron chi connectivity index (χ1n) is 6.56. The van der Waals surface area contributed by atoms with Crippen molar-refractivity contribution in [1.82, 2.24) is 4.90 Å². The Hall–Kier alpha value is -0.800. The zero-order chi connectivity index (χ0) is 13.0. The van der Waals surface area contributed by atoms with Crippen LogP contribution in [0.2, 0.25) is 5.02 Å². The number of likely N-dealkylation sites (tertiary alicyclic amines) is 1. The molecule has 0 spiro atoms. The molecule has 2 nitrogen and oxygen atoms in total. The molecule has 1 fully saturated rings. The van der Waals surface area contributed by atoms with Crippen molar-refractivity contribution in [2.45, 2.75) is 31.7 Å². The molecule has 4 heteroatoms. The van der Waals surface area contributed by atoms with Gasteiger partial charge in [-0.25, -0.2) is 4.39 Å². The molecule has 1 heterocycles. The Bertz CT molecular complexity index is 397. The topological polar surface area (TPSA) is 15.3 Å². The first-order valence-corrected chi connectivity index (χ1v) is 6.94. The molecule has 1 atom stereocenters. The van der Waals surface area contributed by atoms with Gasteiger partial charge in [-0.05, 0) is 51.1 Å². The van der Waals surface area contributed by atoms with Gasteiger partial charge in [-0.15, -0.1) is 0 Å². The fraction of sp³-hybridized carbons (Fsp3) is 0.571. The minimum absolute atomic E-state index is 0.174. The molecule has 0 radical (unpaired) electrons. The molecule has 1 N–H and O–H groups in total. The Balaban J connectivity index is 1.79. The van der Waals surface area contributed by atoms with E-state index in [-0.39, 0.29) is 10.8 Å². The van der Waals surface area contributed by atoms with E-state index in [4.69, 9.17) is 11.6 Å². The van der Waals surface area contributed by atoms with Gasteiger partial charge >= 0.3 is 0 Å². The summed E-state index contributed by atoms with van der Waals surface area (Å²) in [5, 5.41) is 3.43. The number of nitrogens with one attached hydrogen (secondary N) is 1. The summed E-state index contributed by atoms with van der Waals surface area (Å²) < 4.78 is 13.2. The van der Waals surface area contributed by atoms with E-state index < -0.39 is 0 Å². The van der Waals surface area contributed by atoms with Gasteiger partial charge in [0, 0.05) is 18.3 Å². The van der Waals surface area contributed by atoms with Crippen molar-refractivity contribution in [3.05, 3.63) is 29.0 Å². The van der Waals surface area contributed by atoms with E-state index in [0.29, 0.717) is 6.04 Å². The van der Waals surface area contributed by atoms with Crippen LogP contribution >= 0.6 is 11.6 Å². The van der Waals surface area contributed by atoms with Gasteiger partial charge in [0.15, 0.2) is 0 Å². The Labute approximate surface area is 113 Å². The molecule has 18 heavy (non-hydrogen) atoms.